The quantitative estimate of drug-likeness (QED) is 0.599. The summed E-state index contributed by atoms with van der Waals surface area (Å²) in [6.07, 6.45) is 3.14. The zero-order chi connectivity index (χ0) is 19.9. The van der Waals surface area contributed by atoms with Gasteiger partial charge in [-0.15, -0.1) is 0 Å². The molecule has 7 heteroatoms. The molecular formula is C21H19ClN2O4. The zero-order valence-electron chi connectivity index (χ0n) is 15.4. The first-order valence-electron chi connectivity index (χ1n) is 8.48. The van der Waals surface area contributed by atoms with Crippen molar-refractivity contribution in [2.45, 2.75) is 6.54 Å². The number of carbonyl (C=O) groups is 1. The highest BCUT2D eigenvalue weighted by atomic mass is 35.5. The number of hydrogen-bond donors (Lipinski definition) is 1. The summed E-state index contributed by atoms with van der Waals surface area (Å²) in [7, 11) is 3.14. The minimum absolute atomic E-state index is 0.245. The molecular weight excluding hydrogens is 380 g/mol. The molecule has 0 fully saturated rings. The minimum Gasteiger partial charge on any atom is -0.493 e. The van der Waals surface area contributed by atoms with Gasteiger partial charge in [0.1, 0.15) is 5.69 Å². The molecule has 0 unspecified atom stereocenters. The molecule has 0 radical (unpaired) electrons. The fraction of sp³-hybridized carbons (Fsp3) is 0.143. The van der Waals surface area contributed by atoms with Crippen LogP contribution in [-0.2, 0) is 11.3 Å². The molecule has 2 aromatic carbocycles. The van der Waals surface area contributed by atoms with Gasteiger partial charge in [-0.1, -0.05) is 22.8 Å². The van der Waals surface area contributed by atoms with E-state index in [0.29, 0.717) is 28.0 Å². The number of ether oxygens (including phenoxy) is 2. The Hall–Kier alpha value is -3.25. The molecule has 0 aliphatic rings. The average molecular weight is 399 g/mol. The first-order chi connectivity index (χ1) is 13.6. The Labute approximate surface area is 167 Å². The van der Waals surface area contributed by atoms with Crippen LogP contribution in [-0.4, -0.2) is 25.3 Å². The maximum Gasteiger partial charge on any atom is 0.244 e. The van der Waals surface area contributed by atoms with Gasteiger partial charge in [-0.25, -0.2) is 0 Å². The van der Waals surface area contributed by atoms with Gasteiger partial charge in [0.05, 0.1) is 20.8 Å². The molecule has 28 heavy (non-hydrogen) atoms. The average Bonchev–Trinajstić information content (AvgIpc) is 3.20. The zero-order valence-corrected chi connectivity index (χ0v) is 16.2. The van der Waals surface area contributed by atoms with Crippen molar-refractivity contribution < 1.29 is 18.8 Å². The Bertz CT molecular complexity index is 980. The van der Waals surface area contributed by atoms with Crippen molar-refractivity contribution in [1.29, 1.82) is 0 Å². The molecule has 0 atom stereocenters. The maximum atomic E-state index is 12.1. The van der Waals surface area contributed by atoms with E-state index in [4.69, 9.17) is 25.6 Å². The summed E-state index contributed by atoms with van der Waals surface area (Å²) in [5, 5.41) is 7.39. The first-order valence-corrected chi connectivity index (χ1v) is 8.86. The van der Waals surface area contributed by atoms with Gasteiger partial charge < -0.3 is 19.3 Å². The van der Waals surface area contributed by atoms with E-state index in [0.717, 1.165) is 11.1 Å². The van der Waals surface area contributed by atoms with Crippen LogP contribution in [0.5, 0.6) is 11.5 Å². The molecule has 3 aromatic rings. The molecule has 3 rings (SSSR count). The number of amides is 1. The Morgan fingerprint density at radius 2 is 1.86 bits per heavy atom. The van der Waals surface area contributed by atoms with Gasteiger partial charge >= 0.3 is 0 Å². The smallest absolute Gasteiger partial charge is 0.244 e. The maximum absolute atomic E-state index is 12.1. The highest BCUT2D eigenvalue weighted by molar-refractivity contribution is 6.30. The Kier molecular flexibility index (Phi) is 6.34. The van der Waals surface area contributed by atoms with Crippen molar-refractivity contribution >= 4 is 23.6 Å². The molecule has 0 saturated carbocycles. The lowest BCUT2D eigenvalue weighted by atomic mass is 10.1. The van der Waals surface area contributed by atoms with E-state index in [2.05, 4.69) is 10.5 Å². The number of nitrogens with zero attached hydrogens (tertiary/aromatic N) is 1. The molecule has 1 aromatic heterocycles. The van der Waals surface area contributed by atoms with Crippen LogP contribution in [0.4, 0.5) is 0 Å². The van der Waals surface area contributed by atoms with E-state index in [-0.39, 0.29) is 12.5 Å². The molecule has 1 amide bonds. The van der Waals surface area contributed by atoms with Gasteiger partial charge in [-0.2, -0.15) is 0 Å². The molecule has 6 nitrogen and oxygen atoms in total. The van der Waals surface area contributed by atoms with Crippen LogP contribution in [0.2, 0.25) is 5.02 Å². The second kappa shape index (κ2) is 9.10. The van der Waals surface area contributed by atoms with Crippen LogP contribution >= 0.6 is 11.6 Å². The molecule has 0 aliphatic carbocycles. The van der Waals surface area contributed by atoms with Gasteiger partial charge in [0, 0.05) is 22.7 Å². The largest absolute Gasteiger partial charge is 0.493 e. The normalized spacial score (nSPS) is 10.8. The number of methoxy groups -OCH3 is 2. The lowest BCUT2D eigenvalue weighted by Gasteiger charge is -2.07. The second-order valence-corrected chi connectivity index (χ2v) is 6.29. The Morgan fingerprint density at radius 3 is 2.57 bits per heavy atom. The molecule has 0 bridgehead atoms. The van der Waals surface area contributed by atoms with Gasteiger partial charge in [0.15, 0.2) is 17.3 Å². The highest BCUT2D eigenvalue weighted by Gasteiger charge is 2.08. The van der Waals surface area contributed by atoms with Crippen LogP contribution in [0, 0.1) is 0 Å². The molecule has 1 heterocycles. The van der Waals surface area contributed by atoms with E-state index in [1.807, 2.05) is 18.2 Å². The van der Waals surface area contributed by atoms with Crippen molar-refractivity contribution in [2.24, 2.45) is 0 Å². The third kappa shape index (κ3) is 4.92. The van der Waals surface area contributed by atoms with Crippen molar-refractivity contribution in [2.75, 3.05) is 14.2 Å². The standard InChI is InChI=1S/C21H19ClN2O4/c1-26-18-9-3-14(11-20(18)27-2)4-10-21(25)23-13-17-12-19(28-24-17)15-5-7-16(22)8-6-15/h3-12H,13H2,1-2H3,(H,23,25)/b10-4-. The minimum atomic E-state index is -0.245. The number of aromatic nitrogens is 1. The number of hydrogen-bond acceptors (Lipinski definition) is 5. The topological polar surface area (TPSA) is 73.6 Å². The van der Waals surface area contributed by atoms with Crippen molar-refractivity contribution in [3.63, 3.8) is 0 Å². The van der Waals surface area contributed by atoms with Gasteiger partial charge in [0.2, 0.25) is 5.91 Å². The van der Waals surface area contributed by atoms with Gasteiger partial charge in [-0.05, 0) is 48.0 Å². The van der Waals surface area contributed by atoms with Crippen LogP contribution < -0.4 is 14.8 Å². The Morgan fingerprint density at radius 1 is 1.11 bits per heavy atom. The van der Waals surface area contributed by atoms with Gasteiger partial charge in [0.25, 0.3) is 0 Å². The number of halogens is 1. The summed E-state index contributed by atoms with van der Waals surface area (Å²) >= 11 is 5.88. The molecule has 144 valence electrons. The predicted octanol–water partition coefficient (Wildman–Crippen LogP) is 4.34. The molecule has 0 spiro atoms. The van der Waals surface area contributed by atoms with E-state index in [1.165, 1.54) is 6.08 Å². The number of rotatable bonds is 7. The number of nitrogens with one attached hydrogen (secondary N) is 1. The van der Waals surface area contributed by atoms with Crippen LogP contribution in [0.15, 0.2) is 59.1 Å². The number of benzene rings is 2. The highest BCUT2D eigenvalue weighted by Crippen LogP contribution is 2.28. The summed E-state index contributed by atoms with van der Waals surface area (Å²) in [4.78, 5) is 12.1. The van der Waals surface area contributed by atoms with Crippen molar-refractivity contribution in [3.8, 4) is 22.8 Å². The van der Waals surface area contributed by atoms with Crippen LogP contribution in [0.3, 0.4) is 0 Å². The molecule has 0 aliphatic heterocycles. The SMILES string of the molecule is COc1ccc(/C=C\C(=O)NCc2cc(-c3ccc(Cl)cc3)on2)cc1OC. The third-order valence-corrected chi connectivity index (χ3v) is 4.22. The molecule has 0 saturated heterocycles. The fourth-order valence-corrected chi connectivity index (χ4v) is 2.64. The van der Waals surface area contributed by atoms with Crippen LogP contribution in [0.1, 0.15) is 11.3 Å². The first kappa shape index (κ1) is 19.5. The number of carbonyl (C=O) groups excluding carboxylic acids is 1. The Balaban J connectivity index is 1.57. The van der Waals surface area contributed by atoms with E-state index in [1.54, 1.807) is 50.6 Å². The summed E-state index contributed by atoms with van der Waals surface area (Å²) in [5.74, 6) is 1.60. The molecule has 1 N–H and O–H groups in total. The van der Waals surface area contributed by atoms with Crippen molar-refractivity contribution in [1.82, 2.24) is 10.5 Å². The summed E-state index contributed by atoms with van der Waals surface area (Å²) < 4.78 is 15.8. The predicted molar refractivity (Wildman–Crippen MR) is 107 cm³/mol. The summed E-state index contributed by atoms with van der Waals surface area (Å²) in [5.41, 5.74) is 2.31. The van der Waals surface area contributed by atoms with Crippen molar-refractivity contribution in [3.05, 3.63) is 70.9 Å². The third-order valence-electron chi connectivity index (χ3n) is 3.97. The summed E-state index contributed by atoms with van der Waals surface area (Å²) in [6.45, 7) is 0.256. The second-order valence-electron chi connectivity index (χ2n) is 5.85. The fourth-order valence-electron chi connectivity index (χ4n) is 2.51. The lowest BCUT2D eigenvalue weighted by molar-refractivity contribution is -0.116. The van der Waals surface area contributed by atoms with Gasteiger partial charge in [-0.3, -0.25) is 4.79 Å². The van der Waals surface area contributed by atoms with E-state index >= 15 is 0 Å². The van der Waals surface area contributed by atoms with E-state index < -0.39 is 0 Å². The summed E-state index contributed by atoms with van der Waals surface area (Å²) in [6, 6.07) is 14.4. The van der Waals surface area contributed by atoms with Crippen LogP contribution in [0.25, 0.3) is 17.4 Å². The lowest BCUT2D eigenvalue weighted by Crippen LogP contribution is -2.20. The monoisotopic (exact) mass is 398 g/mol. The van der Waals surface area contributed by atoms with E-state index in [9.17, 15) is 4.79 Å².